The Balaban J connectivity index is -0.000000425. The Morgan fingerprint density at radius 1 is 1.26 bits per heavy atom. The second-order valence-electron chi connectivity index (χ2n) is 3.79. The molecule has 1 aromatic carbocycles. The van der Waals surface area contributed by atoms with Crippen LogP contribution < -0.4 is 21.9 Å². The molecule has 132 valence electrons. The van der Waals surface area contributed by atoms with Crippen molar-refractivity contribution in [1.82, 2.24) is 0 Å². The van der Waals surface area contributed by atoms with Gasteiger partial charge in [0, 0.05) is 13.0 Å². The van der Waals surface area contributed by atoms with Gasteiger partial charge in [-0.05, 0) is 31.0 Å². The Morgan fingerprint density at radius 2 is 1.70 bits per heavy atom. The maximum absolute atomic E-state index is 10.6. The van der Waals surface area contributed by atoms with E-state index in [0.29, 0.717) is 26.0 Å². The summed E-state index contributed by atoms with van der Waals surface area (Å²) in [7, 11) is 0. The molecule has 1 aromatic rings. The molecule has 0 aliphatic carbocycles. The molecule has 0 spiro atoms. The largest absolute Gasteiger partial charge is 0.492 e. The number of hydrogen-bond acceptors (Lipinski definition) is 4. The molecule has 0 heterocycles. The van der Waals surface area contributed by atoms with Crippen LogP contribution in [0.1, 0.15) is 32.8 Å². The van der Waals surface area contributed by atoms with Gasteiger partial charge in [-0.3, -0.25) is 9.59 Å². The first-order chi connectivity index (χ1) is 11.0. The molecule has 0 atom stereocenters. The zero-order chi connectivity index (χ0) is 18.5. The number of nitrogens with two attached hydrogens (primary N) is 3. The average molecular weight is 325 g/mol. The number of ether oxygens (including phenoxy) is 1. The standard InChI is InChI=1S/C11H16N2O2.C3H6.C2H6.CH3NO/c12-7-8-15-10-4-1-9(2-5-10)3-6-11(13)14;1-3-2;1-2;2-1-3/h1-2,4-5H,3,6-8,12H2,(H2,13,14);3H,1H2,2H3;1-2H3;1H,(H2,2,3). The molecule has 0 aliphatic heterocycles. The van der Waals surface area contributed by atoms with Crippen LogP contribution in [0.4, 0.5) is 0 Å². The number of allylic oxidation sites excluding steroid dienone is 1. The van der Waals surface area contributed by atoms with Crippen molar-refractivity contribution >= 4 is 12.3 Å². The Hall–Kier alpha value is -2.34. The van der Waals surface area contributed by atoms with Crippen molar-refractivity contribution in [2.45, 2.75) is 33.6 Å². The van der Waals surface area contributed by atoms with Crippen molar-refractivity contribution < 1.29 is 14.3 Å². The Bertz CT molecular complexity index is 387. The molecule has 1 rings (SSSR count). The molecular weight excluding hydrogens is 294 g/mol. The van der Waals surface area contributed by atoms with Crippen molar-refractivity contribution in [2.75, 3.05) is 13.2 Å². The van der Waals surface area contributed by atoms with Gasteiger partial charge in [-0.1, -0.05) is 32.1 Å². The third-order valence-electron chi connectivity index (χ3n) is 1.97. The van der Waals surface area contributed by atoms with Gasteiger partial charge in [0.25, 0.3) is 0 Å². The first-order valence-electron chi connectivity index (χ1n) is 7.48. The third-order valence-corrected chi connectivity index (χ3v) is 1.97. The van der Waals surface area contributed by atoms with Crippen LogP contribution in [0.5, 0.6) is 5.75 Å². The van der Waals surface area contributed by atoms with E-state index in [1.165, 1.54) is 0 Å². The van der Waals surface area contributed by atoms with Gasteiger partial charge in [0.05, 0.1) is 0 Å². The number of rotatable bonds is 6. The molecule has 0 bridgehead atoms. The number of primary amides is 2. The van der Waals surface area contributed by atoms with Crippen molar-refractivity contribution in [2.24, 2.45) is 17.2 Å². The van der Waals surface area contributed by atoms with Crippen LogP contribution in [0, 0.1) is 0 Å². The quantitative estimate of drug-likeness (QED) is 0.545. The van der Waals surface area contributed by atoms with E-state index >= 15 is 0 Å². The van der Waals surface area contributed by atoms with E-state index < -0.39 is 0 Å². The molecule has 6 heteroatoms. The lowest BCUT2D eigenvalue weighted by Gasteiger charge is -2.05. The summed E-state index contributed by atoms with van der Waals surface area (Å²) < 4.78 is 5.32. The Kier molecular flexibility index (Phi) is 24.4. The van der Waals surface area contributed by atoms with E-state index in [-0.39, 0.29) is 12.3 Å². The molecule has 0 aromatic heterocycles. The number of benzene rings is 1. The normalized spacial score (nSPS) is 7.83. The third kappa shape index (κ3) is 22.1. The maximum atomic E-state index is 10.6. The number of carbonyl (C=O) groups excluding carboxylic acids is 2. The molecule has 2 amide bonds. The summed E-state index contributed by atoms with van der Waals surface area (Å²) >= 11 is 0. The first-order valence-corrected chi connectivity index (χ1v) is 7.48. The van der Waals surface area contributed by atoms with Crippen LogP contribution >= 0.6 is 0 Å². The van der Waals surface area contributed by atoms with Gasteiger partial charge in [0.2, 0.25) is 12.3 Å². The van der Waals surface area contributed by atoms with Gasteiger partial charge in [-0.15, -0.1) is 6.58 Å². The first kappa shape index (κ1) is 25.6. The maximum Gasteiger partial charge on any atom is 0.217 e. The van der Waals surface area contributed by atoms with Gasteiger partial charge in [-0.25, -0.2) is 0 Å². The molecule has 0 unspecified atom stereocenters. The van der Waals surface area contributed by atoms with Crippen molar-refractivity contribution in [3.63, 3.8) is 0 Å². The lowest BCUT2D eigenvalue weighted by atomic mass is 10.1. The second-order valence-corrected chi connectivity index (χ2v) is 3.79. The summed E-state index contributed by atoms with van der Waals surface area (Å²) in [6.07, 6.45) is 3.05. The highest BCUT2D eigenvalue weighted by Gasteiger charge is 1.98. The van der Waals surface area contributed by atoms with E-state index in [1.807, 2.05) is 45.0 Å². The predicted octanol–water partition coefficient (Wildman–Crippen LogP) is 1.76. The lowest BCUT2D eigenvalue weighted by molar-refractivity contribution is -0.118. The Labute approximate surface area is 139 Å². The average Bonchev–Trinajstić information content (AvgIpc) is 2.55. The molecule has 6 nitrogen and oxygen atoms in total. The summed E-state index contributed by atoms with van der Waals surface area (Å²) in [6.45, 7) is 10.3. The van der Waals surface area contributed by atoms with Crippen molar-refractivity contribution in [1.29, 1.82) is 0 Å². The zero-order valence-corrected chi connectivity index (χ0v) is 14.5. The molecule has 23 heavy (non-hydrogen) atoms. The molecule has 6 N–H and O–H groups in total. The lowest BCUT2D eigenvalue weighted by Crippen LogP contribution is -2.11. The minimum Gasteiger partial charge on any atom is -0.492 e. The van der Waals surface area contributed by atoms with Crippen LogP contribution in [0.15, 0.2) is 36.9 Å². The van der Waals surface area contributed by atoms with E-state index in [1.54, 1.807) is 6.08 Å². The number of carbonyl (C=O) groups is 2. The summed E-state index contributed by atoms with van der Waals surface area (Å²) in [5.41, 5.74) is 15.6. The second kappa shape index (κ2) is 21.9. The van der Waals surface area contributed by atoms with Gasteiger partial charge < -0.3 is 21.9 Å². The number of aryl methyl sites for hydroxylation is 1. The van der Waals surface area contributed by atoms with Crippen molar-refractivity contribution in [3.8, 4) is 5.75 Å². The summed E-state index contributed by atoms with van der Waals surface area (Å²) in [5, 5.41) is 0. The SMILES string of the molecule is C=CC.CC.NC=O.NCCOc1ccc(CCC(N)=O)cc1. The fourth-order valence-electron chi connectivity index (χ4n) is 1.20. The topological polar surface area (TPSA) is 121 Å². The number of amides is 2. The highest BCUT2D eigenvalue weighted by molar-refractivity contribution is 5.74. The monoisotopic (exact) mass is 325 g/mol. The molecule has 0 saturated heterocycles. The van der Waals surface area contributed by atoms with Crippen LogP contribution in [-0.4, -0.2) is 25.5 Å². The molecule has 0 aliphatic rings. The van der Waals surface area contributed by atoms with Gasteiger partial charge >= 0.3 is 0 Å². The van der Waals surface area contributed by atoms with E-state index in [0.717, 1.165) is 11.3 Å². The van der Waals surface area contributed by atoms with Crippen LogP contribution in [0.2, 0.25) is 0 Å². The molecular formula is C17H31N3O3. The highest BCUT2D eigenvalue weighted by atomic mass is 16.5. The van der Waals surface area contributed by atoms with Crippen LogP contribution in [0.25, 0.3) is 0 Å². The van der Waals surface area contributed by atoms with Gasteiger partial charge in [0.1, 0.15) is 12.4 Å². The minimum atomic E-state index is -0.279. The van der Waals surface area contributed by atoms with Gasteiger partial charge in [0.15, 0.2) is 0 Å². The summed E-state index contributed by atoms with van der Waals surface area (Å²) in [4.78, 5) is 19.1. The fraction of sp³-hybridized carbons (Fsp3) is 0.412. The van der Waals surface area contributed by atoms with E-state index in [2.05, 4.69) is 12.3 Å². The van der Waals surface area contributed by atoms with E-state index in [4.69, 9.17) is 21.0 Å². The Morgan fingerprint density at radius 3 is 2.04 bits per heavy atom. The smallest absolute Gasteiger partial charge is 0.217 e. The van der Waals surface area contributed by atoms with E-state index in [9.17, 15) is 4.79 Å². The molecule has 0 fully saturated rings. The minimum absolute atomic E-state index is 0.250. The fourth-order valence-corrected chi connectivity index (χ4v) is 1.20. The number of hydrogen-bond donors (Lipinski definition) is 3. The van der Waals surface area contributed by atoms with Gasteiger partial charge in [-0.2, -0.15) is 0 Å². The van der Waals surface area contributed by atoms with Crippen LogP contribution in [-0.2, 0) is 16.0 Å². The van der Waals surface area contributed by atoms with Crippen LogP contribution in [0.3, 0.4) is 0 Å². The zero-order valence-electron chi connectivity index (χ0n) is 14.5. The van der Waals surface area contributed by atoms with Crippen molar-refractivity contribution in [3.05, 3.63) is 42.5 Å². The molecule has 0 saturated carbocycles. The summed E-state index contributed by atoms with van der Waals surface area (Å²) in [6, 6.07) is 7.58. The predicted molar refractivity (Wildman–Crippen MR) is 96.0 cm³/mol. The summed E-state index contributed by atoms with van der Waals surface area (Å²) in [5.74, 6) is 0.515. The molecule has 0 radical (unpaired) electrons. The highest BCUT2D eigenvalue weighted by Crippen LogP contribution is 2.12.